The largest absolute Gasteiger partial charge is 0.467 e. The molecular weight excluding hydrogens is 324 g/mol. The fraction of sp³-hybridized carbons (Fsp3) is 0.190. The number of aromatic nitrogens is 1. The van der Waals surface area contributed by atoms with E-state index in [0.29, 0.717) is 18.1 Å². The van der Waals surface area contributed by atoms with Gasteiger partial charge in [-0.25, -0.2) is 0 Å². The van der Waals surface area contributed by atoms with Gasteiger partial charge in [-0.05, 0) is 36.8 Å². The van der Waals surface area contributed by atoms with E-state index in [0.717, 1.165) is 28.1 Å². The number of nitrogens with zero attached hydrogens (tertiary/aromatic N) is 2. The zero-order chi connectivity index (χ0) is 18.5. The van der Waals surface area contributed by atoms with E-state index in [2.05, 4.69) is 9.98 Å². The van der Waals surface area contributed by atoms with Crippen LogP contribution < -0.4 is 5.73 Å². The number of hydrogen-bond donors (Lipinski definition) is 2. The van der Waals surface area contributed by atoms with Gasteiger partial charge in [0.2, 0.25) is 0 Å². The van der Waals surface area contributed by atoms with Crippen LogP contribution in [0.1, 0.15) is 41.0 Å². The van der Waals surface area contributed by atoms with E-state index in [1.54, 1.807) is 12.5 Å². The van der Waals surface area contributed by atoms with E-state index in [-0.39, 0.29) is 5.92 Å². The van der Waals surface area contributed by atoms with Crippen molar-refractivity contribution in [3.8, 4) is 0 Å². The summed E-state index contributed by atoms with van der Waals surface area (Å²) in [6.07, 6.45) is 3.39. The van der Waals surface area contributed by atoms with Gasteiger partial charge in [0.05, 0.1) is 12.8 Å². The first-order valence-corrected chi connectivity index (χ1v) is 8.49. The number of hydrogen-bond acceptors (Lipinski definition) is 4. The summed E-state index contributed by atoms with van der Waals surface area (Å²) in [6, 6.07) is 15.3. The maximum Gasteiger partial charge on any atom is 0.126 e. The Balaban J connectivity index is 1.88. The molecule has 26 heavy (non-hydrogen) atoms. The summed E-state index contributed by atoms with van der Waals surface area (Å²) in [4.78, 5) is 8.65. The van der Waals surface area contributed by atoms with Crippen LogP contribution in [0.15, 0.2) is 70.4 Å². The summed E-state index contributed by atoms with van der Waals surface area (Å²) < 4.78 is 5.29. The Labute approximate surface area is 153 Å². The summed E-state index contributed by atoms with van der Waals surface area (Å²) in [7, 11) is 0. The molecule has 0 aliphatic rings. The van der Waals surface area contributed by atoms with Crippen molar-refractivity contribution in [1.29, 1.82) is 5.41 Å². The molecule has 2 heterocycles. The zero-order valence-electron chi connectivity index (χ0n) is 14.9. The fourth-order valence-corrected chi connectivity index (χ4v) is 2.83. The molecule has 3 rings (SSSR count). The summed E-state index contributed by atoms with van der Waals surface area (Å²) >= 11 is 0. The quantitative estimate of drug-likeness (QED) is 0.521. The molecule has 3 N–H and O–H groups in total. The Morgan fingerprint density at radius 3 is 2.65 bits per heavy atom. The van der Waals surface area contributed by atoms with Gasteiger partial charge in [0, 0.05) is 34.6 Å². The fourth-order valence-electron chi connectivity index (χ4n) is 2.83. The minimum atomic E-state index is -0.0734. The average Bonchev–Trinajstić information content (AvgIpc) is 3.18. The Morgan fingerprint density at radius 1 is 1.19 bits per heavy atom. The zero-order valence-corrected chi connectivity index (χ0v) is 14.9. The molecule has 0 amide bonds. The predicted octanol–water partition coefficient (Wildman–Crippen LogP) is 4.06. The Hall–Kier alpha value is -3.21. The third kappa shape index (κ3) is 3.88. The van der Waals surface area contributed by atoms with Crippen molar-refractivity contribution in [1.82, 2.24) is 4.98 Å². The summed E-state index contributed by atoms with van der Waals surface area (Å²) in [5.41, 5.74) is 10.3. The number of aryl methyl sites for hydroxylation is 1. The Morgan fingerprint density at radius 2 is 1.96 bits per heavy atom. The minimum Gasteiger partial charge on any atom is -0.467 e. The van der Waals surface area contributed by atoms with Gasteiger partial charge in [-0.2, -0.15) is 0 Å². The van der Waals surface area contributed by atoms with Gasteiger partial charge < -0.3 is 15.6 Å². The van der Waals surface area contributed by atoms with E-state index in [1.165, 1.54) is 0 Å². The molecule has 2 aromatic heterocycles. The van der Waals surface area contributed by atoms with Crippen LogP contribution >= 0.6 is 0 Å². The van der Waals surface area contributed by atoms with Gasteiger partial charge in [0.1, 0.15) is 11.6 Å². The van der Waals surface area contributed by atoms with Crippen molar-refractivity contribution >= 4 is 11.5 Å². The lowest BCUT2D eigenvalue weighted by atomic mass is 9.89. The molecule has 0 spiro atoms. The molecular formula is C21H22N4O. The number of nitrogens with one attached hydrogen (secondary N) is 1. The van der Waals surface area contributed by atoms with Crippen LogP contribution in [-0.2, 0) is 6.54 Å². The molecule has 5 heteroatoms. The number of aliphatic imine (C=N–C) groups is 1. The van der Waals surface area contributed by atoms with E-state index in [4.69, 9.17) is 15.6 Å². The smallest absolute Gasteiger partial charge is 0.126 e. The van der Waals surface area contributed by atoms with Crippen LogP contribution in [0.2, 0.25) is 0 Å². The highest BCUT2D eigenvalue weighted by molar-refractivity contribution is 6.12. The molecule has 0 saturated carbocycles. The second-order valence-electron chi connectivity index (χ2n) is 6.19. The van der Waals surface area contributed by atoms with Gasteiger partial charge in [0.15, 0.2) is 0 Å². The average molecular weight is 346 g/mol. The molecule has 0 aliphatic carbocycles. The lowest BCUT2D eigenvalue weighted by Gasteiger charge is -2.17. The summed E-state index contributed by atoms with van der Waals surface area (Å²) in [5.74, 6) is 1.08. The van der Waals surface area contributed by atoms with Crippen molar-refractivity contribution in [3.63, 3.8) is 0 Å². The maximum atomic E-state index is 8.70. The topological polar surface area (TPSA) is 88.3 Å². The van der Waals surface area contributed by atoms with Gasteiger partial charge in [-0.15, -0.1) is 0 Å². The molecule has 1 aromatic carbocycles. The number of benzene rings is 1. The van der Waals surface area contributed by atoms with Crippen molar-refractivity contribution in [2.45, 2.75) is 26.3 Å². The lowest BCUT2D eigenvalue weighted by molar-refractivity contribution is 0.513. The maximum absolute atomic E-state index is 8.70. The van der Waals surface area contributed by atoms with Gasteiger partial charge >= 0.3 is 0 Å². The van der Waals surface area contributed by atoms with Crippen LogP contribution in [0.3, 0.4) is 0 Å². The second-order valence-corrected chi connectivity index (χ2v) is 6.19. The summed E-state index contributed by atoms with van der Waals surface area (Å²) in [6.45, 7) is 4.34. The van der Waals surface area contributed by atoms with Crippen LogP contribution in [0.5, 0.6) is 0 Å². The first kappa shape index (κ1) is 17.6. The van der Waals surface area contributed by atoms with E-state index in [9.17, 15) is 0 Å². The molecule has 0 bridgehead atoms. The minimum absolute atomic E-state index is 0.0734. The van der Waals surface area contributed by atoms with Crippen LogP contribution in [0, 0.1) is 12.3 Å². The molecule has 1 unspecified atom stereocenters. The second kappa shape index (κ2) is 7.78. The van der Waals surface area contributed by atoms with Gasteiger partial charge in [-0.1, -0.05) is 31.2 Å². The predicted molar refractivity (Wildman–Crippen MR) is 104 cm³/mol. The van der Waals surface area contributed by atoms with Crippen LogP contribution in [0.4, 0.5) is 0 Å². The molecule has 0 saturated heterocycles. The molecule has 3 aromatic rings. The number of furan rings is 1. The van der Waals surface area contributed by atoms with E-state index in [1.807, 2.05) is 62.4 Å². The highest BCUT2D eigenvalue weighted by Gasteiger charge is 2.18. The molecule has 0 aliphatic heterocycles. The highest BCUT2D eigenvalue weighted by Crippen LogP contribution is 2.23. The Bertz CT molecular complexity index is 929. The third-order valence-electron chi connectivity index (χ3n) is 4.33. The van der Waals surface area contributed by atoms with E-state index >= 15 is 0 Å². The first-order valence-electron chi connectivity index (χ1n) is 8.49. The SMILES string of the molecule is Cc1cc(C(C)C(=N)c2ccccc2C(N)=NCc2ccco2)ccn1. The van der Waals surface area contributed by atoms with Crippen molar-refractivity contribution < 1.29 is 4.42 Å². The lowest BCUT2D eigenvalue weighted by Crippen LogP contribution is -2.20. The van der Waals surface area contributed by atoms with Crippen molar-refractivity contribution in [3.05, 3.63) is 89.1 Å². The normalized spacial score (nSPS) is 12.8. The third-order valence-corrected chi connectivity index (χ3v) is 4.33. The molecule has 132 valence electrons. The van der Waals surface area contributed by atoms with Gasteiger partial charge in [0.25, 0.3) is 0 Å². The number of nitrogens with two attached hydrogens (primary N) is 1. The first-order chi connectivity index (χ1) is 12.6. The number of rotatable bonds is 6. The van der Waals surface area contributed by atoms with E-state index < -0.39 is 0 Å². The Kier molecular flexibility index (Phi) is 5.27. The number of pyridine rings is 1. The monoisotopic (exact) mass is 346 g/mol. The molecule has 5 nitrogen and oxygen atoms in total. The van der Waals surface area contributed by atoms with Crippen molar-refractivity contribution in [2.75, 3.05) is 0 Å². The van der Waals surface area contributed by atoms with Crippen molar-refractivity contribution in [2.24, 2.45) is 10.7 Å². The molecule has 0 radical (unpaired) electrons. The highest BCUT2D eigenvalue weighted by atomic mass is 16.3. The molecule has 0 fully saturated rings. The summed E-state index contributed by atoms with van der Waals surface area (Å²) in [5, 5.41) is 8.70. The standard InChI is InChI=1S/C21H22N4O/c1-14-12-16(9-10-24-14)15(2)20(22)18-7-3-4-8-19(18)21(23)25-13-17-6-5-11-26-17/h3-12,15,22H,13H2,1-2H3,(H2,23,25). The number of amidine groups is 1. The van der Waals surface area contributed by atoms with Crippen LogP contribution in [-0.4, -0.2) is 16.5 Å². The molecule has 1 atom stereocenters. The van der Waals surface area contributed by atoms with Crippen LogP contribution in [0.25, 0.3) is 0 Å². The van der Waals surface area contributed by atoms with Gasteiger partial charge in [-0.3, -0.25) is 9.98 Å².